The summed E-state index contributed by atoms with van der Waals surface area (Å²) < 4.78 is 8.49. The van der Waals surface area contributed by atoms with Gasteiger partial charge in [-0.2, -0.15) is 0 Å². The summed E-state index contributed by atoms with van der Waals surface area (Å²) in [5.74, 6) is 0. The monoisotopic (exact) mass is 627 g/mol. The van der Waals surface area contributed by atoms with Crippen molar-refractivity contribution in [3.8, 4) is 16.8 Å². The first kappa shape index (κ1) is 27.5. The summed E-state index contributed by atoms with van der Waals surface area (Å²) in [5.41, 5.74) is 10.8. The van der Waals surface area contributed by atoms with Gasteiger partial charge < -0.3 is 13.9 Å². The smallest absolute Gasteiger partial charge is 0.153 e. The summed E-state index contributed by atoms with van der Waals surface area (Å²) in [5, 5.41) is 7.07. The van der Waals surface area contributed by atoms with Gasteiger partial charge >= 0.3 is 0 Å². The molecule has 49 heavy (non-hydrogen) atoms. The Hall–Kier alpha value is -6.65. The van der Waals surface area contributed by atoms with E-state index in [1.165, 1.54) is 38.1 Å². The SMILES string of the molecule is c1cc(-c2ccc(N(c3ccc4ccccc4c3)c3ccc4oc5cnccc5c4c3)cc2)cc(-n2c3ccccc3c3ccccc32)c1. The molecule has 10 aromatic rings. The van der Waals surface area contributed by atoms with Crippen LogP contribution in [0.1, 0.15) is 0 Å². The molecule has 0 aliphatic heterocycles. The van der Waals surface area contributed by atoms with Gasteiger partial charge in [0.2, 0.25) is 0 Å². The highest BCUT2D eigenvalue weighted by molar-refractivity contribution is 6.09. The molecule has 0 aliphatic carbocycles. The molecule has 4 nitrogen and oxygen atoms in total. The standard InChI is InChI=1S/C45H29N3O/c1-2-9-32-27-36(21-18-30(32)8-1)47(37-22-23-44-41(28-37)40-24-25-46-29-45(40)49-44)34-19-16-31(17-20-34)33-10-7-11-35(26-33)48-42-14-5-3-12-38(42)39-13-4-6-15-43(39)48/h1-29H. The first-order valence-corrected chi connectivity index (χ1v) is 16.5. The Morgan fingerprint density at radius 1 is 0.449 bits per heavy atom. The Labute approximate surface area is 282 Å². The lowest BCUT2D eigenvalue weighted by Gasteiger charge is -2.26. The zero-order valence-electron chi connectivity index (χ0n) is 26.5. The van der Waals surface area contributed by atoms with E-state index in [4.69, 9.17) is 4.42 Å². The topological polar surface area (TPSA) is 34.2 Å². The average molecular weight is 628 g/mol. The molecule has 0 N–H and O–H groups in total. The van der Waals surface area contributed by atoms with Crippen molar-refractivity contribution in [3.05, 3.63) is 176 Å². The Morgan fingerprint density at radius 2 is 1.14 bits per heavy atom. The molecule has 0 saturated heterocycles. The third kappa shape index (κ3) is 4.49. The number of anilines is 3. The fourth-order valence-electron chi connectivity index (χ4n) is 7.35. The zero-order chi connectivity index (χ0) is 32.3. The second-order valence-corrected chi connectivity index (χ2v) is 12.5. The van der Waals surface area contributed by atoms with E-state index < -0.39 is 0 Å². The van der Waals surface area contributed by atoms with Crippen molar-refractivity contribution in [2.24, 2.45) is 0 Å². The van der Waals surface area contributed by atoms with Gasteiger partial charge in [0.05, 0.1) is 17.2 Å². The summed E-state index contributed by atoms with van der Waals surface area (Å²) in [6.07, 6.45) is 3.60. The normalized spacial score (nSPS) is 11.7. The van der Waals surface area contributed by atoms with E-state index in [0.29, 0.717) is 0 Å². The van der Waals surface area contributed by atoms with E-state index in [0.717, 1.165) is 50.3 Å². The molecule has 0 atom stereocenters. The molecule has 4 heteroatoms. The number of rotatable bonds is 5. The van der Waals surface area contributed by atoms with Crippen molar-refractivity contribution in [1.82, 2.24) is 9.55 Å². The molecule has 0 unspecified atom stereocenters. The molecular weight excluding hydrogens is 599 g/mol. The first-order chi connectivity index (χ1) is 24.3. The van der Waals surface area contributed by atoms with Crippen LogP contribution in [0.5, 0.6) is 0 Å². The van der Waals surface area contributed by atoms with Crippen molar-refractivity contribution in [1.29, 1.82) is 0 Å². The Morgan fingerprint density at radius 3 is 1.96 bits per heavy atom. The number of aromatic nitrogens is 2. The predicted molar refractivity (Wildman–Crippen MR) is 203 cm³/mol. The van der Waals surface area contributed by atoms with Crippen LogP contribution in [0, 0.1) is 0 Å². The minimum Gasteiger partial charge on any atom is -0.454 e. The zero-order valence-corrected chi connectivity index (χ0v) is 26.5. The number of hydrogen-bond donors (Lipinski definition) is 0. The number of furan rings is 1. The highest BCUT2D eigenvalue weighted by Gasteiger charge is 2.17. The summed E-state index contributed by atoms with van der Waals surface area (Å²) in [6.45, 7) is 0. The molecule has 0 bridgehead atoms. The van der Waals surface area contributed by atoms with Gasteiger partial charge in [-0.25, -0.2) is 0 Å². The molecule has 7 aromatic carbocycles. The lowest BCUT2D eigenvalue weighted by molar-refractivity contribution is 0.667. The van der Waals surface area contributed by atoms with Crippen LogP contribution in [-0.4, -0.2) is 9.55 Å². The van der Waals surface area contributed by atoms with Crippen LogP contribution in [0.4, 0.5) is 17.1 Å². The second kappa shape index (κ2) is 11.0. The molecular formula is C45H29N3O. The Balaban J connectivity index is 1.09. The summed E-state index contributed by atoms with van der Waals surface area (Å²) in [4.78, 5) is 6.59. The van der Waals surface area contributed by atoms with E-state index in [1.54, 1.807) is 6.20 Å². The maximum absolute atomic E-state index is 6.12. The highest BCUT2D eigenvalue weighted by atomic mass is 16.3. The fourth-order valence-corrected chi connectivity index (χ4v) is 7.35. The summed E-state index contributed by atoms with van der Waals surface area (Å²) in [7, 11) is 0. The molecule has 0 aliphatic rings. The predicted octanol–water partition coefficient (Wildman–Crippen LogP) is 12.4. The van der Waals surface area contributed by atoms with Crippen molar-refractivity contribution in [2.75, 3.05) is 4.90 Å². The van der Waals surface area contributed by atoms with Gasteiger partial charge in [-0.3, -0.25) is 4.98 Å². The molecule has 0 fully saturated rings. The quantitative estimate of drug-likeness (QED) is 0.190. The average Bonchev–Trinajstić information content (AvgIpc) is 3.71. The lowest BCUT2D eigenvalue weighted by atomic mass is 10.0. The van der Waals surface area contributed by atoms with Crippen molar-refractivity contribution < 1.29 is 4.42 Å². The van der Waals surface area contributed by atoms with E-state index >= 15 is 0 Å². The fraction of sp³-hybridized carbons (Fsp3) is 0. The van der Waals surface area contributed by atoms with Gasteiger partial charge in [0.15, 0.2) is 5.58 Å². The number of pyridine rings is 1. The maximum atomic E-state index is 6.12. The third-order valence-electron chi connectivity index (χ3n) is 9.65. The van der Waals surface area contributed by atoms with E-state index in [9.17, 15) is 0 Å². The number of para-hydroxylation sites is 2. The first-order valence-electron chi connectivity index (χ1n) is 16.5. The highest BCUT2D eigenvalue weighted by Crippen LogP contribution is 2.40. The maximum Gasteiger partial charge on any atom is 0.153 e. The molecule has 0 radical (unpaired) electrons. The molecule has 10 rings (SSSR count). The van der Waals surface area contributed by atoms with Gasteiger partial charge in [0.25, 0.3) is 0 Å². The van der Waals surface area contributed by atoms with Crippen LogP contribution < -0.4 is 4.90 Å². The summed E-state index contributed by atoms with van der Waals surface area (Å²) in [6, 6.07) is 58.7. The summed E-state index contributed by atoms with van der Waals surface area (Å²) >= 11 is 0. The van der Waals surface area contributed by atoms with Gasteiger partial charge in [-0.15, -0.1) is 0 Å². The lowest BCUT2D eigenvalue weighted by Crippen LogP contribution is -2.09. The largest absolute Gasteiger partial charge is 0.454 e. The van der Waals surface area contributed by atoms with Crippen LogP contribution in [0.3, 0.4) is 0 Å². The number of nitrogens with zero attached hydrogens (tertiary/aromatic N) is 3. The molecule has 0 spiro atoms. The van der Waals surface area contributed by atoms with Gasteiger partial charge in [0.1, 0.15) is 5.58 Å². The van der Waals surface area contributed by atoms with Crippen LogP contribution in [0.25, 0.3) is 71.3 Å². The van der Waals surface area contributed by atoms with Crippen LogP contribution in [0.15, 0.2) is 181 Å². The molecule has 0 amide bonds. The number of benzene rings is 7. The molecule has 3 heterocycles. The van der Waals surface area contributed by atoms with E-state index in [1.807, 2.05) is 12.3 Å². The van der Waals surface area contributed by atoms with Crippen LogP contribution in [0.2, 0.25) is 0 Å². The molecule has 3 aromatic heterocycles. The van der Waals surface area contributed by atoms with Crippen molar-refractivity contribution in [3.63, 3.8) is 0 Å². The van der Waals surface area contributed by atoms with Crippen molar-refractivity contribution >= 4 is 71.6 Å². The van der Waals surface area contributed by atoms with Crippen molar-refractivity contribution in [2.45, 2.75) is 0 Å². The number of fused-ring (bicyclic) bond motifs is 7. The second-order valence-electron chi connectivity index (χ2n) is 12.5. The minimum absolute atomic E-state index is 0.791. The van der Waals surface area contributed by atoms with Crippen LogP contribution in [-0.2, 0) is 0 Å². The van der Waals surface area contributed by atoms with Gasteiger partial charge in [0, 0.05) is 50.5 Å². The Bertz CT molecular complexity index is 2790. The molecule has 230 valence electrons. The van der Waals surface area contributed by atoms with E-state index in [2.05, 4.69) is 172 Å². The Kier molecular flexibility index (Phi) is 6.15. The van der Waals surface area contributed by atoms with Gasteiger partial charge in [-0.05, 0) is 94.7 Å². The minimum atomic E-state index is 0.791. The number of hydrogen-bond acceptors (Lipinski definition) is 3. The molecule has 0 saturated carbocycles. The van der Waals surface area contributed by atoms with E-state index in [-0.39, 0.29) is 0 Å². The van der Waals surface area contributed by atoms with Crippen LogP contribution >= 0.6 is 0 Å². The third-order valence-corrected chi connectivity index (χ3v) is 9.65. The van der Waals surface area contributed by atoms with Gasteiger partial charge in [-0.1, -0.05) is 91.0 Å².